The maximum absolute atomic E-state index is 12.4. The zero-order valence-corrected chi connectivity index (χ0v) is 23.4. The molecule has 1 heterocycles. The predicted octanol–water partition coefficient (Wildman–Crippen LogP) is 4.65. The molecule has 0 unspecified atom stereocenters. The van der Waals surface area contributed by atoms with E-state index in [4.69, 9.17) is 30.0 Å². The number of aliphatic carboxylic acids is 1. The van der Waals surface area contributed by atoms with E-state index in [9.17, 15) is 25.0 Å². The lowest BCUT2D eigenvalue weighted by molar-refractivity contribution is -0.255. The molecule has 230 valence electrons. The molecule has 2 fully saturated rings. The van der Waals surface area contributed by atoms with Gasteiger partial charge in [-0.15, -0.1) is 0 Å². The molecule has 0 spiro atoms. The van der Waals surface area contributed by atoms with Gasteiger partial charge >= 0.3 is 18.0 Å². The van der Waals surface area contributed by atoms with Crippen molar-refractivity contribution in [1.29, 1.82) is 0 Å². The first-order valence-electron chi connectivity index (χ1n) is 13.5. The summed E-state index contributed by atoms with van der Waals surface area (Å²) >= 11 is 0. The van der Waals surface area contributed by atoms with Crippen LogP contribution in [-0.4, -0.2) is 71.9 Å². The van der Waals surface area contributed by atoms with Crippen LogP contribution in [0.4, 0.5) is 4.79 Å². The van der Waals surface area contributed by atoms with Crippen LogP contribution in [0.2, 0.25) is 0 Å². The Balaban J connectivity index is 1.82. The second kappa shape index (κ2) is 16.1. The van der Waals surface area contributed by atoms with E-state index in [-0.39, 0.29) is 19.4 Å². The molecule has 18 heteroatoms. The zero-order valence-electron chi connectivity index (χ0n) is 23.4. The van der Waals surface area contributed by atoms with Gasteiger partial charge in [0.15, 0.2) is 6.29 Å². The van der Waals surface area contributed by atoms with Crippen molar-refractivity contribution in [1.82, 2.24) is 5.32 Å². The van der Waals surface area contributed by atoms with Crippen molar-refractivity contribution in [2.75, 3.05) is 0 Å². The van der Waals surface area contributed by atoms with Crippen molar-refractivity contribution >= 4 is 18.0 Å². The summed E-state index contributed by atoms with van der Waals surface area (Å²) in [5, 5.41) is 23.4. The molecule has 1 aliphatic heterocycles. The maximum Gasteiger partial charge on any atom is 0.407 e. The summed E-state index contributed by atoms with van der Waals surface area (Å²) in [6.07, 6.45) is -5.18. The molecule has 1 aromatic carbocycles. The summed E-state index contributed by atoms with van der Waals surface area (Å²) in [6.45, 7) is 2.86. The molecule has 0 aromatic heterocycles. The van der Waals surface area contributed by atoms with E-state index in [2.05, 4.69) is 35.4 Å². The van der Waals surface area contributed by atoms with Crippen molar-refractivity contribution in [2.24, 2.45) is 21.3 Å². The highest BCUT2D eigenvalue weighted by Crippen LogP contribution is 2.38. The first-order valence-corrected chi connectivity index (χ1v) is 13.5. The molecule has 2 N–H and O–H groups in total. The molecule has 1 amide bonds. The number of amides is 1. The van der Waals surface area contributed by atoms with Crippen molar-refractivity contribution in [2.45, 2.75) is 94.9 Å². The molecule has 0 bridgehead atoms. The lowest BCUT2D eigenvalue weighted by Gasteiger charge is -2.46. The lowest BCUT2D eigenvalue weighted by atomic mass is 9.76. The average molecular weight is 601 g/mol. The SMILES string of the molecule is CC(=O)O[C@H]1[C@@H](CC(=O)O)[C@H](N=[N+]=[N-])C[C@H](N=[N+]=[N-])[C@H]1O[C@H]1O[C@H]([C@@H](C)NC(=O)OCc2ccccc2)CC[C@H]1N=[N+]=[N-]. The summed E-state index contributed by atoms with van der Waals surface area (Å²) in [7, 11) is 0. The Morgan fingerprint density at radius 1 is 1.02 bits per heavy atom. The summed E-state index contributed by atoms with van der Waals surface area (Å²) in [4.78, 5) is 44.7. The predicted molar refractivity (Wildman–Crippen MR) is 147 cm³/mol. The Bertz CT molecular complexity index is 1280. The number of carbonyl (C=O) groups excluding carboxylic acids is 2. The summed E-state index contributed by atoms with van der Waals surface area (Å²) in [5.74, 6) is -3.07. The topological polar surface area (TPSA) is 267 Å². The van der Waals surface area contributed by atoms with E-state index in [1.165, 1.54) is 0 Å². The summed E-state index contributed by atoms with van der Waals surface area (Å²) in [6, 6.07) is 5.58. The summed E-state index contributed by atoms with van der Waals surface area (Å²) < 4.78 is 23.1. The third kappa shape index (κ3) is 9.39. The number of benzene rings is 1. The highest BCUT2D eigenvalue weighted by molar-refractivity contribution is 5.68. The Morgan fingerprint density at radius 2 is 1.67 bits per heavy atom. The van der Waals surface area contributed by atoms with Crippen LogP contribution in [0.3, 0.4) is 0 Å². The first kappa shape index (κ1) is 32.8. The maximum atomic E-state index is 12.4. The highest BCUT2D eigenvalue weighted by Gasteiger charge is 2.50. The van der Waals surface area contributed by atoms with Crippen molar-refractivity contribution in [3.8, 4) is 0 Å². The number of carboxylic acids is 1. The van der Waals surface area contributed by atoms with E-state index in [1.54, 1.807) is 6.92 Å². The Labute approximate surface area is 245 Å². The number of nitrogens with zero attached hydrogens (tertiary/aromatic N) is 9. The minimum atomic E-state index is -1.33. The highest BCUT2D eigenvalue weighted by atomic mass is 16.7. The molecule has 1 saturated heterocycles. The molecular formula is C25H32N10O8. The van der Waals surface area contributed by atoms with Crippen LogP contribution in [0.15, 0.2) is 45.7 Å². The Morgan fingerprint density at radius 3 is 2.30 bits per heavy atom. The fourth-order valence-electron chi connectivity index (χ4n) is 5.25. The van der Waals surface area contributed by atoms with Gasteiger partial charge in [0.05, 0.1) is 30.7 Å². The molecule has 1 aliphatic carbocycles. The van der Waals surface area contributed by atoms with Gasteiger partial charge in [-0.05, 0) is 48.3 Å². The van der Waals surface area contributed by atoms with Gasteiger partial charge in [-0.25, -0.2) is 4.79 Å². The van der Waals surface area contributed by atoms with Gasteiger partial charge in [-0.1, -0.05) is 45.7 Å². The number of hydrogen-bond donors (Lipinski definition) is 2. The third-order valence-electron chi connectivity index (χ3n) is 7.19. The smallest absolute Gasteiger partial charge is 0.407 e. The van der Waals surface area contributed by atoms with Crippen LogP contribution >= 0.6 is 0 Å². The third-order valence-corrected chi connectivity index (χ3v) is 7.19. The number of rotatable bonds is 12. The number of nitrogens with one attached hydrogen (secondary N) is 1. The largest absolute Gasteiger partial charge is 0.481 e. The Hall–Kier alpha value is -4.72. The number of ether oxygens (including phenoxy) is 4. The molecule has 0 radical (unpaired) electrons. The second-order valence-electron chi connectivity index (χ2n) is 10.1. The molecular weight excluding hydrogens is 568 g/mol. The number of esters is 1. The molecule has 9 atom stereocenters. The van der Waals surface area contributed by atoms with Crippen molar-refractivity contribution in [3.63, 3.8) is 0 Å². The minimum absolute atomic E-state index is 0.0595. The van der Waals surface area contributed by atoms with Gasteiger partial charge < -0.3 is 29.4 Å². The van der Waals surface area contributed by atoms with E-state index in [1.807, 2.05) is 30.3 Å². The van der Waals surface area contributed by atoms with E-state index < -0.39 is 79.1 Å². The van der Waals surface area contributed by atoms with Crippen molar-refractivity contribution in [3.05, 3.63) is 67.2 Å². The second-order valence-corrected chi connectivity index (χ2v) is 10.1. The van der Waals surface area contributed by atoms with Crippen LogP contribution in [0.25, 0.3) is 31.3 Å². The summed E-state index contributed by atoms with van der Waals surface area (Å²) in [5.41, 5.74) is 28.3. The number of azide groups is 3. The quantitative estimate of drug-likeness (QED) is 0.147. The molecule has 3 rings (SSSR count). The number of hydrogen-bond acceptors (Lipinski definition) is 10. The fraction of sp³-hybridized carbons (Fsp3) is 0.640. The van der Waals surface area contributed by atoms with E-state index >= 15 is 0 Å². The zero-order chi connectivity index (χ0) is 31.4. The Kier molecular flexibility index (Phi) is 12.2. The molecule has 43 heavy (non-hydrogen) atoms. The first-order chi connectivity index (χ1) is 20.7. The standard InChI is InChI=1S/C25H32N10O8/c1-13(29-25(39)40-12-15-6-4-3-5-7-15)20-9-8-17(30-33-26)24(42-20)43-23-19(32-35-28)11-18(31-34-27)16(10-21(37)38)22(23)41-14(2)36/h3-7,13,16-20,22-24H,8-12H2,1-2H3,(H,29,39)(H,37,38)/t13-,16+,17-,18-,19+,20+,22+,23-,24-/m1/s1. The molecule has 18 nitrogen and oxygen atoms in total. The number of carboxylic acid groups (broad SMARTS) is 1. The monoisotopic (exact) mass is 600 g/mol. The molecule has 2 aliphatic rings. The van der Waals surface area contributed by atoms with Gasteiger partial charge in [0.1, 0.15) is 18.8 Å². The van der Waals surface area contributed by atoms with Crippen LogP contribution in [0.5, 0.6) is 0 Å². The fourth-order valence-corrected chi connectivity index (χ4v) is 5.25. The van der Waals surface area contributed by atoms with Gasteiger partial charge in [-0.2, -0.15) is 0 Å². The molecule has 1 aromatic rings. The van der Waals surface area contributed by atoms with E-state index in [0.29, 0.717) is 6.42 Å². The number of carbonyl (C=O) groups is 3. The van der Waals surface area contributed by atoms with Crippen LogP contribution in [-0.2, 0) is 35.1 Å². The van der Waals surface area contributed by atoms with Crippen LogP contribution in [0.1, 0.15) is 45.1 Å². The van der Waals surface area contributed by atoms with Gasteiger partial charge in [0, 0.05) is 33.6 Å². The van der Waals surface area contributed by atoms with Gasteiger partial charge in [-0.3, -0.25) is 9.59 Å². The normalized spacial score (nSPS) is 28.9. The van der Waals surface area contributed by atoms with Gasteiger partial charge in [0.25, 0.3) is 0 Å². The van der Waals surface area contributed by atoms with Crippen LogP contribution in [0, 0.1) is 5.92 Å². The van der Waals surface area contributed by atoms with E-state index in [0.717, 1.165) is 12.5 Å². The lowest BCUT2D eigenvalue weighted by Crippen LogP contribution is -2.58. The molecule has 1 saturated carbocycles. The van der Waals surface area contributed by atoms with Gasteiger partial charge in [0.2, 0.25) is 0 Å². The minimum Gasteiger partial charge on any atom is -0.481 e. The average Bonchev–Trinajstić information content (AvgIpc) is 2.96. The number of alkyl carbamates (subject to hydrolysis) is 1. The van der Waals surface area contributed by atoms with Crippen LogP contribution < -0.4 is 5.32 Å². The van der Waals surface area contributed by atoms with Crippen molar-refractivity contribution < 1.29 is 38.4 Å².